The average molecular weight is 734 g/mol. The van der Waals surface area contributed by atoms with Crippen LogP contribution >= 0.6 is 11.3 Å². The van der Waals surface area contributed by atoms with E-state index in [4.69, 9.17) is 8.83 Å². The Morgan fingerprint density at radius 2 is 0.875 bits per heavy atom. The molecule has 3 aromatic heterocycles. The highest BCUT2D eigenvalue weighted by Gasteiger charge is 2.21. The van der Waals surface area contributed by atoms with E-state index in [1.165, 1.54) is 30.9 Å². The highest BCUT2D eigenvalue weighted by atomic mass is 32.1. The van der Waals surface area contributed by atoms with E-state index in [2.05, 4.69) is 169 Å². The van der Waals surface area contributed by atoms with E-state index in [1.807, 2.05) is 35.6 Å². The van der Waals surface area contributed by atoms with Crippen molar-refractivity contribution in [3.8, 4) is 22.3 Å². The second-order valence-electron chi connectivity index (χ2n) is 14.4. The Hall–Kier alpha value is -7.14. The molecule has 0 N–H and O–H groups in total. The predicted molar refractivity (Wildman–Crippen MR) is 237 cm³/mol. The van der Waals surface area contributed by atoms with E-state index in [0.717, 1.165) is 83.2 Å². The Labute approximate surface area is 325 Å². The molecule has 3 nitrogen and oxygen atoms in total. The van der Waals surface area contributed by atoms with Gasteiger partial charge < -0.3 is 13.7 Å². The molecule has 0 unspecified atom stereocenters. The minimum atomic E-state index is 0.904. The fourth-order valence-electron chi connectivity index (χ4n) is 8.64. The molecular formula is C52H31NO2S. The molecule has 9 aromatic carbocycles. The van der Waals surface area contributed by atoms with Gasteiger partial charge in [-0.1, -0.05) is 127 Å². The van der Waals surface area contributed by atoms with Gasteiger partial charge in [-0.3, -0.25) is 0 Å². The number of hydrogen-bond acceptors (Lipinski definition) is 4. The van der Waals surface area contributed by atoms with Crippen LogP contribution in [0.4, 0.5) is 17.1 Å². The van der Waals surface area contributed by atoms with Crippen LogP contribution in [0.15, 0.2) is 197 Å². The molecule has 0 aliphatic rings. The third kappa shape index (κ3) is 4.76. The lowest BCUT2D eigenvalue weighted by Crippen LogP contribution is -2.10. The monoisotopic (exact) mass is 733 g/mol. The normalized spacial score (nSPS) is 11.9. The maximum absolute atomic E-state index is 6.44. The number of rotatable bonds is 5. The SMILES string of the molecule is c1ccc2cc3c(cc2c1)sc1cccc(N(c2ccc(-c4cccc5c4oc4ccccc45)cc2)c2ccc(-c4cccc5c4oc4ccccc45)cc2)c13. The van der Waals surface area contributed by atoms with Crippen molar-refractivity contribution < 1.29 is 8.83 Å². The number of anilines is 3. The summed E-state index contributed by atoms with van der Waals surface area (Å²) in [6.07, 6.45) is 0. The molecule has 3 heterocycles. The van der Waals surface area contributed by atoms with Crippen molar-refractivity contribution in [2.75, 3.05) is 4.90 Å². The summed E-state index contributed by atoms with van der Waals surface area (Å²) in [4.78, 5) is 2.40. The lowest BCUT2D eigenvalue weighted by atomic mass is 10.0. The van der Waals surface area contributed by atoms with Crippen LogP contribution in [0.3, 0.4) is 0 Å². The molecule has 0 bridgehead atoms. The Balaban J connectivity index is 1.03. The van der Waals surface area contributed by atoms with E-state index >= 15 is 0 Å². The molecule has 0 aliphatic heterocycles. The molecule has 262 valence electrons. The topological polar surface area (TPSA) is 29.5 Å². The Bertz CT molecular complexity index is 3320. The minimum Gasteiger partial charge on any atom is -0.455 e. The maximum Gasteiger partial charge on any atom is 0.143 e. The molecule has 4 heteroatoms. The zero-order valence-electron chi connectivity index (χ0n) is 30.1. The molecule has 12 aromatic rings. The zero-order valence-corrected chi connectivity index (χ0v) is 30.9. The molecular weight excluding hydrogens is 703 g/mol. The lowest BCUT2D eigenvalue weighted by molar-refractivity contribution is 0.669. The maximum atomic E-state index is 6.44. The van der Waals surface area contributed by atoms with E-state index < -0.39 is 0 Å². The number of furan rings is 2. The van der Waals surface area contributed by atoms with Crippen molar-refractivity contribution in [3.05, 3.63) is 188 Å². The first-order chi connectivity index (χ1) is 27.7. The van der Waals surface area contributed by atoms with E-state index in [-0.39, 0.29) is 0 Å². The van der Waals surface area contributed by atoms with Crippen molar-refractivity contribution in [2.24, 2.45) is 0 Å². The molecule has 0 saturated heterocycles. The van der Waals surface area contributed by atoms with Crippen molar-refractivity contribution in [2.45, 2.75) is 0 Å². The Morgan fingerprint density at radius 3 is 1.46 bits per heavy atom. The second-order valence-corrected chi connectivity index (χ2v) is 15.5. The van der Waals surface area contributed by atoms with Gasteiger partial charge in [0.25, 0.3) is 0 Å². The van der Waals surface area contributed by atoms with Crippen molar-refractivity contribution in [1.29, 1.82) is 0 Å². The largest absolute Gasteiger partial charge is 0.455 e. The number of fused-ring (bicyclic) bond motifs is 10. The molecule has 56 heavy (non-hydrogen) atoms. The quantitative estimate of drug-likeness (QED) is 0.176. The summed E-state index contributed by atoms with van der Waals surface area (Å²) in [7, 11) is 0. The zero-order chi connectivity index (χ0) is 36.7. The third-order valence-corrected chi connectivity index (χ3v) is 12.4. The van der Waals surface area contributed by atoms with Gasteiger partial charge in [0.1, 0.15) is 22.3 Å². The van der Waals surface area contributed by atoms with Crippen LogP contribution in [0.5, 0.6) is 0 Å². The summed E-state index contributed by atoms with van der Waals surface area (Å²) in [6.45, 7) is 0. The first kappa shape index (κ1) is 31.2. The fourth-order valence-corrected chi connectivity index (χ4v) is 9.79. The van der Waals surface area contributed by atoms with Gasteiger partial charge in [-0.05, 0) is 82.6 Å². The molecule has 12 rings (SSSR count). The standard InChI is InChI=1S/C52H31NO2S/c1-2-11-35-31-49-44(30-34(35)10-1)50-45(18-9-21-48(50)56-49)53(36-26-22-32(23-27-36)38-14-7-16-42-40-12-3-5-19-46(40)54-51(38)42)37-28-24-33(25-29-37)39-15-8-17-43-41-13-4-6-20-47(41)55-52(39)43/h1-31H. The van der Waals surface area contributed by atoms with Gasteiger partial charge in [0.15, 0.2) is 0 Å². The predicted octanol–water partition coefficient (Wildman–Crippen LogP) is 15.8. The molecule has 0 amide bonds. The number of nitrogens with zero attached hydrogens (tertiary/aromatic N) is 1. The summed E-state index contributed by atoms with van der Waals surface area (Å²) in [5.74, 6) is 0. The molecule has 0 radical (unpaired) electrons. The number of benzene rings is 9. The molecule has 0 spiro atoms. The first-order valence-corrected chi connectivity index (χ1v) is 19.7. The smallest absolute Gasteiger partial charge is 0.143 e. The van der Waals surface area contributed by atoms with Gasteiger partial charge in [0, 0.05) is 64.2 Å². The van der Waals surface area contributed by atoms with E-state index in [1.54, 1.807) is 0 Å². The fraction of sp³-hybridized carbons (Fsp3) is 0. The average Bonchev–Trinajstić information content (AvgIpc) is 3.95. The third-order valence-electron chi connectivity index (χ3n) is 11.3. The minimum absolute atomic E-state index is 0.904. The molecule has 0 atom stereocenters. The summed E-state index contributed by atoms with van der Waals surface area (Å²) in [5, 5.41) is 9.56. The highest BCUT2D eigenvalue weighted by molar-refractivity contribution is 7.26. The Kier molecular flexibility index (Phi) is 6.80. The van der Waals surface area contributed by atoms with E-state index in [9.17, 15) is 0 Å². The van der Waals surface area contributed by atoms with Crippen molar-refractivity contribution >= 4 is 103 Å². The summed E-state index contributed by atoms with van der Waals surface area (Å²) < 4.78 is 15.4. The summed E-state index contributed by atoms with van der Waals surface area (Å²) >= 11 is 1.86. The number of hydrogen-bond donors (Lipinski definition) is 0. The van der Waals surface area contributed by atoms with Crippen LogP contribution in [0.25, 0.3) is 97.1 Å². The summed E-state index contributed by atoms with van der Waals surface area (Å²) in [6, 6.07) is 67.3. The molecule has 0 fully saturated rings. The van der Waals surface area contributed by atoms with Gasteiger partial charge in [0.2, 0.25) is 0 Å². The van der Waals surface area contributed by atoms with Crippen LogP contribution in [-0.4, -0.2) is 0 Å². The van der Waals surface area contributed by atoms with Crippen LogP contribution < -0.4 is 4.90 Å². The van der Waals surface area contributed by atoms with Crippen LogP contribution in [0.1, 0.15) is 0 Å². The summed E-state index contributed by atoms with van der Waals surface area (Å²) in [5.41, 5.74) is 11.3. The van der Waals surface area contributed by atoms with Gasteiger partial charge >= 0.3 is 0 Å². The second kappa shape index (κ2) is 12.2. The van der Waals surface area contributed by atoms with Gasteiger partial charge in [-0.15, -0.1) is 11.3 Å². The van der Waals surface area contributed by atoms with Crippen molar-refractivity contribution in [3.63, 3.8) is 0 Å². The number of thiophene rings is 1. The van der Waals surface area contributed by atoms with Crippen LogP contribution in [0, 0.1) is 0 Å². The molecule has 0 aliphatic carbocycles. The van der Waals surface area contributed by atoms with Gasteiger partial charge in [-0.25, -0.2) is 0 Å². The van der Waals surface area contributed by atoms with Crippen molar-refractivity contribution in [1.82, 2.24) is 0 Å². The number of para-hydroxylation sites is 4. The van der Waals surface area contributed by atoms with Gasteiger partial charge in [0.05, 0.1) is 5.69 Å². The van der Waals surface area contributed by atoms with Crippen LogP contribution in [-0.2, 0) is 0 Å². The van der Waals surface area contributed by atoms with E-state index in [0.29, 0.717) is 0 Å². The highest BCUT2D eigenvalue weighted by Crippen LogP contribution is 2.47. The first-order valence-electron chi connectivity index (χ1n) is 18.9. The van der Waals surface area contributed by atoms with Crippen LogP contribution in [0.2, 0.25) is 0 Å². The molecule has 0 saturated carbocycles. The lowest BCUT2D eigenvalue weighted by Gasteiger charge is -2.27. The van der Waals surface area contributed by atoms with Gasteiger partial charge in [-0.2, -0.15) is 0 Å². The Morgan fingerprint density at radius 1 is 0.375 bits per heavy atom.